The van der Waals surface area contributed by atoms with Gasteiger partial charge in [0.15, 0.2) is 0 Å². The molecule has 0 bridgehead atoms. The van der Waals surface area contributed by atoms with Crippen molar-refractivity contribution in [3.05, 3.63) is 12.2 Å². The van der Waals surface area contributed by atoms with Crippen LogP contribution in [-0.4, -0.2) is 54.2 Å². The summed E-state index contributed by atoms with van der Waals surface area (Å²) in [6, 6.07) is 0. The van der Waals surface area contributed by atoms with Crippen LogP contribution in [0.15, 0.2) is 12.2 Å². The Morgan fingerprint density at radius 1 is 1.41 bits per heavy atom. The molecule has 0 aliphatic heterocycles. The lowest BCUT2D eigenvalue weighted by molar-refractivity contribution is -0.875. The smallest absolute Gasteiger partial charge is 0.426 e. The average molecular weight is 268 g/mol. The van der Waals surface area contributed by atoms with Gasteiger partial charge in [-0.15, -0.1) is 0 Å². The van der Waals surface area contributed by atoms with Crippen molar-refractivity contribution in [2.45, 2.75) is 13.2 Å². The van der Waals surface area contributed by atoms with Crippen LogP contribution in [0.3, 0.4) is 0 Å². The molecule has 0 spiro atoms. The molecule has 0 aromatic heterocycles. The largest absolute Gasteiger partial charge is 0.472 e. The summed E-state index contributed by atoms with van der Waals surface area (Å²) in [5, 5.41) is 0. The van der Waals surface area contributed by atoms with Crippen LogP contribution < -0.4 is 0 Å². The van der Waals surface area contributed by atoms with Gasteiger partial charge in [-0.25, -0.2) is 13.9 Å². The Kier molecular flexibility index (Phi) is 5.51. The molecule has 1 unspecified atom stereocenters. The van der Waals surface area contributed by atoms with Gasteiger partial charge in [-0.2, -0.15) is 0 Å². The SMILES string of the molecule is C=C(C)C(=O)OC(C[N+](C)(C)C)OP(=O)(O)O. The summed E-state index contributed by atoms with van der Waals surface area (Å²) < 4.78 is 20.2. The third-order valence-electron chi connectivity index (χ3n) is 1.54. The molecule has 0 rings (SSSR count). The normalized spacial score (nSPS) is 14.2. The van der Waals surface area contributed by atoms with Crippen molar-refractivity contribution in [2.75, 3.05) is 27.7 Å². The van der Waals surface area contributed by atoms with Gasteiger partial charge in [0.05, 0.1) is 21.1 Å². The van der Waals surface area contributed by atoms with Crippen molar-refractivity contribution in [1.29, 1.82) is 0 Å². The fourth-order valence-electron chi connectivity index (χ4n) is 0.912. The lowest BCUT2D eigenvalue weighted by Gasteiger charge is -2.28. The number of rotatable bonds is 6. The number of hydrogen-bond donors (Lipinski definition) is 2. The Labute approximate surface area is 100 Å². The minimum atomic E-state index is -4.71. The molecule has 2 N–H and O–H groups in total. The van der Waals surface area contributed by atoms with E-state index in [0.717, 1.165) is 0 Å². The molecule has 0 aliphatic rings. The molecule has 0 aromatic carbocycles. The number of esters is 1. The van der Waals surface area contributed by atoms with Crippen molar-refractivity contribution in [3.63, 3.8) is 0 Å². The van der Waals surface area contributed by atoms with E-state index in [2.05, 4.69) is 11.1 Å². The predicted octanol–water partition coefficient (Wildman–Crippen LogP) is 0.247. The first-order valence-electron chi connectivity index (χ1n) is 4.81. The predicted molar refractivity (Wildman–Crippen MR) is 60.7 cm³/mol. The van der Waals surface area contributed by atoms with E-state index < -0.39 is 20.1 Å². The summed E-state index contributed by atoms with van der Waals surface area (Å²) in [6.45, 7) is 4.91. The molecule has 0 amide bonds. The Balaban J connectivity index is 4.69. The molecule has 8 heteroatoms. The Hall–Kier alpha value is -0.720. The summed E-state index contributed by atoms with van der Waals surface area (Å²) in [5.41, 5.74) is 0.130. The van der Waals surface area contributed by atoms with E-state index in [1.54, 1.807) is 21.1 Å². The van der Waals surface area contributed by atoms with E-state index >= 15 is 0 Å². The molecule has 7 nitrogen and oxygen atoms in total. The minimum absolute atomic E-state index is 0.101. The summed E-state index contributed by atoms with van der Waals surface area (Å²) >= 11 is 0. The number of hydrogen-bond acceptors (Lipinski definition) is 4. The summed E-state index contributed by atoms with van der Waals surface area (Å²) in [7, 11) is 0.594. The molecule has 17 heavy (non-hydrogen) atoms. The maximum absolute atomic E-state index is 11.3. The first kappa shape index (κ1) is 16.3. The Bertz CT molecular complexity index is 342. The fourth-order valence-corrected chi connectivity index (χ4v) is 1.33. The molecule has 0 radical (unpaired) electrons. The maximum atomic E-state index is 11.3. The molecule has 0 saturated heterocycles. The second kappa shape index (κ2) is 5.75. The van der Waals surface area contributed by atoms with Gasteiger partial charge in [0.2, 0.25) is 0 Å². The summed E-state index contributed by atoms with van der Waals surface area (Å²) in [4.78, 5) is 28.7. The van der Waals surface area contributed by atoms with Gasteiger partial charge in [0.25, 0.3) is 6.29 Å². The van der Waals surface area contributed by atoms with E-state index in [9.17, 15) is 9.36 Å². The van der Waals surface area contributed by atoms with Crippen LogP contribution in [0, 0.1) is 0 Å². The zero-order valence-corrected chi connectivity index (χ0v) is 11.3. The molecule has 0 aliphatic carbocycles. The molecule has 100 valence electrons. The number of quaternary nitrogens is 1. The van der Waals surface area contributed by atoms with E-state index in [0.29, 0.717) is 4.48 Å². The van der Waals surface area contributed by atoms with Crippen LogP contribution in [-0.2, 0) is 18.6 Å². The molecule has 0 fully saturated rings. The van der Waals surface area contributed by atoms with Crippen molar-refractivity contribution < 1.29 is 32.9 Å². The van der Waals surface area contributed by atoms with Crippen molar-refractivity contribution >= 4 is 13.8 Å². The van der Waals surface area contributed by atoms with Crippen LogP contribution in [0.1, 0.15) is 6.92 Å². The molecule has 0 heterocycles. The molecular formula is C9H19NO6P+. The van der Waals surface area contributed by atoms with Crippen molar-refractivity contribution in [1.82, 2.24) is 0 Å². The van der Waals surface area contributed by atoms with Crippen molar-refractivity contribution in [3.8, 4) is 0 Å². The second-order valence-electron chi connectivity index (χ2n) is 4.68. The fraction of sp³-hybridized carbons (Fsp3) is 0.667. The highest BCUT2D eigenvalue weighted by Crippen LogP contribution is 2.38. The number of phosphoric ester groups is 1. The van der Waals surface area contributed by atoms with Crippen LogP contribution in [0.25, 0.3) is 0 Å². The lowest BCUT2D eigenvalue weighted by atomic mass is 10.4. The minimum Gasteiger partial charge on any atom is -0.426 e. The van der Waals surface area contributed by atoms with Gasteiger partial charge in [0, 0.05) is 5.57 Å². The number of likely N-dealkylation sites (N-methyl/N-ethyl adjacent to an activating group) is 1. The third kappa shape index (κ3) is 9.02. The first-order chi connectivity index (χ1) is 7.41. The standard InChI is InChI=1S/C9H18NO6P/c1-7(2)9(11)15-8(6-10(3,4)5)16-17(12,13)14/h8H,1,6H2,2-5H3,(H-,12,13,14)/p+1. The zero-order valence-electron chi connectivity index (χ0n) is 10.4. The van der Waals surface area contributed by atoms with Gasteiger partial charge >= 0.3 is 13.8 Å². The topological polar surface area (TPSA) is 93.1 Å². The van der Waals surface area contributed by atoms with Crippen LogP contribution >= 0.6 is 7.82 Å². The lowest BCUT2D eigenvalue weighted by Crippen LogP contribution is -2.43. The highest BCUT2D eigenvalue weighted by Gasteiger charge is 2.30. The van der Waals surface area contributed by atoms with Crippen LogP contribution in [0.4, 0.5) is 0 Å². The highest BCUT2D eigenvalue weighted by molar-refractivity contribution is 7.46. The monoisotopic (exact) mass is 268 g/mol. The van der Waals surface area contributed by atoms with Gasteiger partial charge in [-0.05, 0) is 6.92 Å². The highest BCUT2D eigenvalue weighted by atomic mass is 31.2. The molecule has 1 atom stereocenters. The number of phosphoric acid groups is 1. The summed E-state index contributed by atoms with van der Waals surface area (Å²) in [6.07, 6.45) is -1.32. The molecule has 0 aromatic rings. The van der Waals surface area contributed by atoms with E-state index in [1.807, 2.05) is 0 Å². The zero-order chi connectivity index (χ0) is 13.9. The quantitative estimate of drug-likeness (QED) is 0.236. The number of carbonyl (C=O) groups is 1. The molecule has 0 saturated carbocycles. The van der Waals surface area contributed by atoms with Gasteiger partial charge in [-0.3, -0.25) is 0 Å². The Morgan fingerprint density at radius 3 is 2.18 bits per heavy atom. The van der Waals surface area contributed by atoms with E-state index in [-0.39, 0.29) is 12.1 Å². The Morgan fingerprint density at radius 2 is 1.88 bits per heavy atom. The van der Waals surface area contributed by atoms with Crippen molar-refractivity contribution in [2.24, 2.45) is 0 Å². The number of nitrogens with zero attached hydrogens (tertiary/aromatic N) is 1. The van der Waals surface area contributed by atoms with Gasteiger partial charge in [0.1, 0.15) is 6.54 Å². The number of carbonyl (C=O) groups excluding carboxylic acids is 1. The van der Waals surface area contributed by atoms with E-state index in [1.165, 1.54) is 6.92 Å². The van der Waals surface area contributed by atoms with Gasteiger partial charge < -0.3 is 19.0 Å². The van der Waals surface area contributed by atoms with Gasteiger partial charge in [-0.1, -0.05) is 6.58 Å². The number of ether oxygens (including phenoxy) is 1. The second-order valence-corrected chi connectivity index (χ2v) is 5.88. The molecular weight excluding hydrogens is 249 g/mol. The average Bonchev–Trinajstić information content (AvgIpc) is 1.96. The summed E-state index contributed by atoms with van der Waals surface area (Å²) in [5.74, 6) is -0.753. The van der Waals surface area contributed by atoms with E-state index in [4.69, 9.17) is 14.5 Å². The van der Waals surface area contributed by atoms with Crippen LogP contribution in [0.2, 0.25) is 0 Å². The van der Waals surface area contributed by atoms with Crippen LogP contribution in [0.5, 0.6) is 0 Å². The third-order valence-corrected chi connectivity index (χ3v) is 2.05. The maximum Gasteiger partial charge on any atom is 0.472 e. The first-order valence-corrected chi connectivity index (χ1v) is 6.34.